The number of carbonyl (C=O) groups is 1. The minimum atomic E-state index is -0.741. The van der Waals surface area contributed by atoms with Crippen LogP contribution in [0.1, 0.15) is 33.6 Å². The van der Waals surface area contributed by atoms with Crippen LogP contribution in [0.4, 0.5) is 13.6 Å². The Morgan fingerprint density at radius 2 is 2.05 bits per heavy atom. The van der Waals surface area contributed by atoms with Crippen LogP contribution in [-0.4, -0.2) is 35.8 Å². The number of amides is 1. The lowest BCUT2D eigenvalue weighted by Gasteiger charge is -2.34. The van der Waals surface area contributed by atoms with Crippen molar-refractivity contribution in [2.75, 3.05) is 13.1 Å². The van der Waals surface area contributed by atoms with E-state index in [2.05, 4.69) is 0 Å². The minimum absolute atomic E-state index is 0.00237. The summed E-state index contributed by atoms with van der Waals surface area (Å²) in [6.45, 7) is 6.32. The second kappa shape index (κ2) is 6.50. The van der Waals surface area contributed by atoms with Gasteiger partial charge in [-0.25, -0.2) is 13.6 Å². The van der Waals surface area contributed by atoms with Gasteiger partial charge in [0.25, 0.3) is 0 Å². The molecule has 122 valence electrons. The number of likely N-dealkylation sites (tertiary alicyclic amines) is 1. The second-order valence-corrected chi connectivity index (χ2v) is 6.38. The van der Waals surface area contributed by atoms with E-state index in [1.54, 1.807) is 25.7 Å². The number of ether oxygens (including phenoxy) is 2. The van der Waals surface area contributed by atoms with Crippen molar-refractivity contribution in [3.63, 3.8) is 0 Å². The lowest BCUT2D eigenvalue weighted by Crippen LogP contribution is -2.46. The van der Waals surface area contributed by atoms with Gasteiger partial charge in [-0.3, -0.25) is 0 Å². The number of nitrogens with zero attached hydrogens (tertiary/aromatic N) is 1. The summed E-state index contributed by atoms with van der Waals surface area (Å²) >= 11 is 0. The largest absolute Gasteiger partial charge is 0.486 e. The molecule has 6 heteroatoms. The molecule has 1 saturated heterocycles. The molecular weight excluding hydrogens is 292 g/mol. The Balaban J connectivity index is 1.97. The normalized spacial score (nSPS) is 19.0. The van der Waals surface area contributed by atoms with E-state index in [1.165, 1.54) is 6.07 Å². The van der Waals surface area contributed by atoms with Gasteiger partial charge in [0, 0.05) is 12.6 Å². The maximum absolute atomic E-state index is 13.6. The van der Waals surface area contributed by atoms with Crippen molar-refractivity contribution < 1.29 is 23.0 Å². The smallest absolute Gasteiger partial charge is 0.410 e. The van der Waals surface area contributed by atoms with Crippen LogP contribution in [0.5, 0.6) is 5.75 Å². The molecule has 0 aromatic heterocycles. The predicted octanol–water partition coefficient (Wildman–Crippen LogP) is 3.74. The second-order valence-electron chi connectivity index (χ2n) is 6.38. The molecule has 1 atom stereocenters. The fourth-order valence-electron chi connectivity index (χ4n) is 2.28. The fraction of sp³-hybridized carbons (Fsp3) is 0.562. The lowest BCUT2D eigenvalue weighted by molar-refractivity contribution is 0.00736. The summed E-state index contributed by atoms with van der Waals surface area (Å²) in [6, 6.07) is 3.19. The first-order valence-electron chi connectivity index (χ1n) is 7.34. The first-order valence-corrected chi connectivity index (χ1v) is 7.34. The van der Waals surface area contributed by atoms with Crippen molar-refractivity contribution in [1.29, 1.82) is 0 Å². The molecule has 4 nitrogen and oxygen atoms in total. The highest BCUT2D eigenvalue weighted by molar-refractivity contribution is 5.68. The number of hydrogen-bond acceptors (Lipinski definition) is 3. The molecule has 0 unspecified atom stereocenters. The van der Waals surface area contributed by atoms with Gasteiger partial charge in [0.05, 0.1) is 6.54 Å². The number of benzene rings is 1. The van der Waals surface area contributed by atoms with Crippen molar-refractivity contribution in [3.05, 3.63) is 29.8 Å². The molecular formula is C16H21F2NO3. The van der Waals surface area contributed by atoms with E-state index in [0.717, 1.165) is 18.6 Å². The van der Waals surface area contributed by atoms with E-state index in [9.17, 15) is 13.6 Å². The molecule has 0 radical (unpaired) electrons. The average Bonchev–Trinajstić information content (AvgIpc) is 2.40. The maximum atomic E-state index is 13.6. The first kappa shape index (κ1) is 16.5. The van der Waals surface area contributed by atoms with E-state index in [1.807, 2.05) is 0 Å². The van der Waals surface area contributed by atoms with E-state index in [0.29, 0.717) is 19.5 Å². The van der Waals surface area contributed by atoms with E-state index < -0.39 is 23.3 Å². The number of halogens is 2. The first-order chi connectivity index (χ1) is 10.2. The van der Waals surface area contributed by atoms with Crippen LogP contribution in [0, 0.1) is 11.6 Å². The Kier molecular flexibility index (Phi) is 4.88. The Labute approximate surface area is 129 Å². The number of rotatable bonds is 2. The zero-order valence-electron chi connectivity index (χ0n) is 13.1. The molecule has 1 amide bonds. The molecule has 1 aromatic rings. The van der Waals surface area contributed by atoms with Crippen LogP contribution in [0.15, 0.2) is 18.2 Å². The third-order valence-corrected chi connectivity index (χ3v) is 3.22. The van der Waals surface area contributed by atoms with Crippen LogP contribution < -0.4 is 4.74 Å². The van der Waals surface area contributed by atoms with Crippen molar-refractivity contribution in [3.8, 4) is 5.75 Å². The van der Waals surface area contributed by atoms with E-state index in [-0.39, 0.29) is 11.9 Å². The van der Waals surface area contributed by atoms with Gasteiger partial charge in [-0.2, -0.15) is 0 Å². The SMILES string of the molecule is CC(C)(C)OC(=O)N1CCC[C@@H](Oc2ccc(F)cc2F)C1. The minimum Gasteiger partial charge on any atom is -0.486 e. The average molecular weight is 313 g/mol. The summed E-state index contributed by atoms with van der Waals surface area (Å²) in [5.74, 6) is -1.39. The molecule has 0 saturated carbocycles. The summed E-state index contributed by atoms with van der Waals surface area (Å²) in [7, 11) is 0. The van der Waals surface area contributed by atoms with Crippen LogP contribution in [0.3, 0.4) is 0 Å². The van der Waals surface area contributed by atoms with Crippen molar-refractivity contribution in [2.45, 2.75) is 45.3 Å². The monoisotopic (exact) mass is 313 g/mol. The third-order valence-electron chi connectivity index (χ3n) is 3.22. The topological polar surface area (TPSA) is 38.8 Å². The van der Waals surface area contributed by atoms with Gasteiger partial charge in [0.1, 0.15) is 17.5 Å². The zero-order valence-corrected chi connectivity index (χ0v) is 13.1. The van der Waals surface area contributed by atoms with E-state index >= 15 is 0 Å². The molecule has 0 spiro atoms. The van der Waals surface area contributed by atoms with Gasteiger partial charge in [0.2, 0.25) is 0 Å². The molecule has 1 heterocycles. The molecule has 1 fully saturated rings. The van der Waals surface area contributed by atoms with Gasteiger partial charge in [-0.15, -0.1) is 0 Å². The van der Waals surface area contributed by atoms with Crippen molar-refractivity contribution in [1.82, 2.24) is 4.90 Å². The molecule has 0 aliphatic carbocycles. The zero-order chi connectivity index (χ0) is 16.3. The number of carbonyl (C=O) groups excluding carboxylic acids is 1. The van der Waals surface area contributed by atoms with Crippen LogP contribution in [-0.2, 0) is 4.74 Å². The van der Waals surface area contributed by atoms with Gasteiger partial charge in [-0.1, -0.05) is 0 Å². The Morgan fingerprint density at radius 1 is 1.32 bits per heavy atom. The summed E-state index contributed by atoms with van der Waals surface area (Å²) < 4.78 is 37.4. The van der Waals surface area contributed by atoms with Crippen LogP contribution >= 0.6 is 0 Å². The number of hydrogen-bond donors (Lipinski definition) is 0. The Morgan fingerprint density at radius 3 is 2.68 bits per heavy atom. The van der Waals surface area contributed by atoms with Crippen LogP contribution in [0.25, 0.3) is 0 Å². The highest BCUT2D eigenvalue weighted by atomic mass is 19.1. The summed E-state index contributed by atoms with van der Waals surface area (Å²) in [5.41, 5.74) is -0.562. The Bertz CT molecular complexity index is 543. The summed E-state index contributed by atoms with van der Waals surface area (Å²) in [4.78, 5) is 13.6. The molecule has 1 aliphatic rings. The van der Waals surface area contributed by atoms with Crippen molar-refractivity contribution >= 4 is 6.09 Å². The van der Waals surface area contributed by atoms with Gasteiger partial charge in [0.15, 0.2) is 11.6 Å². The van der Waals surface area contributed by atoms with Crippen LogP contribution in [0.2, 0.25) is 0 Å². The standard InChI is InChI=1S/C16H21F2NO3/c1-16(2,3)22-15(20)19-8-4-5-12(10-19)21-14-7-6-11(17)9-13(14)18/h6-7,9,12H,4-5,8,10H2,1-3H3/t12-/m1/s1. The van der Waals surface area contributed by atoms with Crippen molar-refractivity contribution in [2.24, 2.45) is 0 Å². The lowest BCUT2D eigenvalue weighted by atomic mass is 10.1. The van der Waals surface area contributed by atoms with Gasteiger partial charge >= 0.3 is 6.09 Å². The summed E-state index contributed by atoms with van der Waals surface area (Å²) in [5, 5.41) is 0. The molecule has 0 bridgehead atoms. The molecule has 1 aliphatic heterocycles. The molecule has 0 N–H and O–H groups in total. The molecule has 2 rings (SSSR count). The van der Waals surface area contributed by atoms with E-state index in [4.69, 9.17) is 9.47 Å². The Hall–Kier alpha value is -1.85. The maximum Gasteiger partial charge on any atom is 0.410 e. The molecule has 22 heavy (non-hydrogen) atoms. The summed E-state index contributed by atoms with van der Waals surface area (Å²) in [6.07, 6.45) is 0.713. The predicted molar refractivity (Wildman–Crippen MR) is 77.8 cm³/mol. The highest BCUT2D eigenvalue weighted by Gasteiger charge is 2.29. The quantitative estimate of drug-likeness (QED) is 0.835. The van der Waals surface area contributed by atoms with Gasteiger partial charge < -0.3 is 14.4 Å². The third kappa shape index (κ3) is 4.58. The molecule has 1 aromatic carbocycles. The fourth-order valence-corrected chi connectivity index (χ4v) is 2.28. The van der Waals surface area contributed by atoms with Gasteiger partial charge in [-0.05, 0) is 45.7 Å². The number of piperidine rings is 1. The highest BCUT2D eigenvalue weighted by Crippen LogP contribution is 2.23.